The number of carbonyl (C=O) groups excluding carboxylic acids is 2. The maximum atomic E-state index is 12.6. The van der Waals surface area contributed by atoms with Crippen molar-refractivity contribution in [1.82, 2.24) is 0 Å². The molecule has 0 aromatic heterocycles. The second-order valence-corrected chi connectivity index (χ2v) is 15.3. The van der Waals surface area contributed by atoms with Gasteiger partial charge in [0.05, 0.1) is 25.9 Å². The molecule has 0 aromatic rings. The number of esters is 2. The average molecular weight is 835 g/mol. The molecule has 0 rings (SSSR count). The summed E-state index contributed by atoms with van der Waals surface area (Å²) in [6.45, 7) is 2.01. The van der Waals surface area contributed by atoms with Crippen LogP contribution in [0.25, 0.3) is 0 Å². The maximum absolute atomic E-state index is 12.6. The molecule has 0 saturated heterocycles. The molecule has 2 unspecified atom stereocenters. The third-order valence-corrected chi connectivity index (χ3v) is 9.25. The minimum atomic E-state index is -4.66. The summed E-state index contributed by atoms with van der Waals surface area (Å²) in [7, 11) is -4.66. The first kappa shape index (κ1) is 54.9. The number of allylic oxidation sites excluding steroid dienone is 14. The van der Waals surface area contributed by atoms with Crippen molar-refractivity contribution in [3.8, 4) is 0 Å². The minimum absolute atomic E-state index is 0.0949. The van der Waals surface area contributed by atoms with E-state index < -0.39 is 64.5 Å². The zero-order chi connectivity index (χ0) is 42.8. The smallest absolute Gasteiger partial charge is 0.462 e. The quantitative estimate of drug-likeness (QED) is 0.0154. The highest BCUT2D eigenvalue weighted by Gasteiger charge is 2.27. The summed E-state index contributed by atoms with van der Waals surface area (Å²) < 4.78 is 32.6. The van der Waals surface area contributed by atoms with Crippen LogP contribution < -0.4 is 0 Å². The van der Waals surface area contributed by atoms with Crippen LogP contribution in [-0.2, 0) is 32.7 Å². The zero-order valence-corrected chi connectivity index (χ0v) is 36.2. The van der Waals surface area contributed by atoms with Crippen molar-refractivity contribution in [1.29, 1.82) is 0 Å². The van der Waals surface area contributed by atoms with Gasteiger partial charge in [0, 0.05) is 12.8 Å². The van der Waals surface area contributed by atoms with Crippen LogP contribution in [0.1, 0.15) is 136 Å². The number of ether oxygens (including phenoxy) is 2. The number of carbonyl (C=O) groups is 2. The number of rotatable bonds is 38. The molecule has 11 nitrogen and oxygen atoms in total. The fraction of sp³-hybridized carbons (Fsp3) is 0.609. The van der Waals surface area contributed by atoms with Gasteiger partial charge in [-0.1, -0.05) is 137 Å². The van der Waals surface area contributed by atoms with Crippen LogP contribution in [0.15, 0.2) is 97.2 Å². The third-order valence-electron chi connectivity index (χ3n) is 8.30. The highest BCUT2D eigenvalue weighted by atomic mass is 31.2. The minimum Gasteiger partial charge on any atom is -0.462 e. The lowest BCUT2D eigenvalue weighted by Crippen LogP contribution is -2.29. The molecule has 0 spiro atoms. The van der Waals surface area contributed by atoms with E-state index in [-0.39, 0.29) is 12.8 Å². The maximum Gasteiger partial charge on any atom is 0.472 e. The van der Waals surface area contributed by atoms with E-state index in [0.717, 1.165) is 64.2 Å². The van der Waals surface area contributed by atoms with Gasteiger partial charge in [-0.3, -0.25) is 18.6 Å². The Bertz CT molecular complexity index is 1300. The van der Waals surface area contributed by atoms with Gasteiger partial charge in [0.1, 0.15) is 12.7 Å². The second kappa shape index (κ2) is 40.6. The van der Waals surface area contributed by atoms with Crippen LogP contribution in [-0.4, -0.2) is 76.9 Å². The highest BCUT2D eigenvalue weighted by Crippen LogP contribution is 2.43. The van der Waals surface area contributed by atoms with Crippen molar-refractivity contribution in [3.05, 3.63) is 97.2 Å². The topological polar surface area (TPSA) is 169 Å². The average Bonchev–Trinajstić information content (AvgIpc) is 3.21. The summed E-state index contributed by atoms with van der Waals surface area (Å²) in [5.74, 6) is -1.09. The fourth-order valence-electron chi connectivity index (χ4n) is 5.00. The van der Waals surface area contributed by atoms with Crippen LogP contribution in [0.3, 0.4) is 0 Å². The van der Waals surface area contributed by atoms with Crippen molar-refractivity contribution in [3.63, 3.8) is 0 Å². The Hall–Kier alpha value is -3.15. The number of unbranched alkanes of at least 4 members (excludes halogenated alkanes) is 8. The van der Waals surface area contributed by atoms with Gasteiger partial charge in [-0.2, -0.15) is 0 Å². The first-order valence-corrected chi connectivity index (χ1v) is 22.8. The Morgan fingerprint density at radius 1 is 0.603 bits per heavy atom. The molecule has 58 heavy (non-hydrogen) atoms. The van der Waals surface area contributed by atoms with Crippen molar-refractivity contribution in [2.45, 2.75) is 154 Å². The van der Waals surface area contributed by atoms with Gasteiger partial charge in [0.2, 0.25) is 0 Å². The molecule has 0 aromatic carbocycles. The molecule has 12 heteroatoms. The van der Waals surface area contributed by atoms with Gasteiger partial charge in [-0.25, -0.2) is 4.57 Å². The second-order valence-electron chi connectivity index (χ2n) is 13.8. The third kappa shape index (κ3) is 39.7. The molecule has 0 radical (unpaired) electrons. The van der Waals surface area contributed by atoms with E-state index >= 15 is 0 Å². The lowest BCUT2D eigenvalue weighted by molar-refractivity contribution is -0.161. The van der Waals surface area contributed by atoms with Gasteiger partial charge >= 0.3 is 19.8 Å². The Morgan fingerprint density at radius 3 is 1.79 bits per heavy atom. The van der Waals surface area contributed by atoms with E-state index in [2.05, 4.69) is 79.1 Å². The molecule has 0 aliphatic rings. The number of aliphatic hydroxyl groups excluding tert-OH is 3. The normalized spacial score (nSPS) is 15.3. The van der Waals surface area contributed by atoms with Crippen molar-refractivity contribution >= 4 is 19.8 Å². The first-order chi connectivity index (χ1) is 28.1. The van der Waals surface area contributed by atoms with E-state index in [0.29, 0.717) is 25.7 Å². The summed E-state index contributed by atoms with van der Waals surface area (Å²) in [6.07, 6.45) is 45.4. The van der Waals surface area contributed by atoms with Gasteiger partial charge < -0.3 is 29.7 Å². The molecular formula is C46H75O11P. The van der Waals surface area contributed by atoms with E-state index in [1.165, 1.54) is 19.3 Å². The molecule has 330 valence electrons. The van der Waals surface area contributed by atoms with E-state index in [9.17, 15) is 29.3 Å². The van der Waals surface area contributed by atoms with E-state index in [1.54, 1.807) is 12.2 Å². The zero-order valence-electron chi connectivity index (χ0n) is 35.3. The van der Waals surface area contributed by atoms with Gasteiger partial charge in [0.25, 0.3) is 0 Å². The Labute approximate surface area is 349 Å². The number of phosphoric acid groups is 1. The molecule has 0 aliphatic heterocycles. The van der Waals surface area contributed by atoms with E-state index in [1.807, 2.05) is 24.3 Å². The van der Waals surface area contributed by atoms with Gasteiger partial charge in [-0.15, -0.1) is 0 Å². The van der Waals surface area contributed by atoms with Crippen LogP contribution in [0.4, 0.5) is 0 Å². The molecule has 0 heterocycles. The number of hydrogen-bond donors (Lipinski definition) is 4. The predicted molar refractivity (Wildman–Crippen MR) is 234 cm³/mol. The summed E-state index contributed by atoms with van der Waals surface area (Å²) in [5.41, 5.74) is 0. The van der Waals surface area contributed by atoms with Crippen LogP contribution in [0, 0.1) is 0 Å². The highest BCUT2D eigenvalue weighted by molar-refractivity contribution is 7.47. The predicted octanol–water partition coefficient (Wildman–Crippen LogP) is 10.2. The summed E-state index contributed by atoms with van der Waals surface area (Å²) in [6, 6.07) is 0. The van der Waals surface area contributed by atoms with Gasteiger partial charge in [-0.05, 0) is 83.5 Å². The molecule has 4 atom stereocenters. The molecular weight excluding hydrogens is 759 g/mol. The van der Waals surface area contributed by atoms with Crippen molar-refractivity contribution in [2.75, 3.05) is 26.4 Å². The van der Waals surface area contributed by atoms with Crippen molar-refractivity contribution in [2.24, 2.45) is 0 Å². The lowest BCUT2D eigenvalue weighted by atomic mass is 10.1. The monoisotopic (exact) mass is 835 g/mol. The van der Waals surface area contributed by atoms with Crippen LogP contribution >= 0.6 is 7.82 Å². The summed E-state index contributed by atoms with van der Waals surface area (Å²) in [4.78, 5) is 35.0. The molecule has 0 amide bonds. The largest absolute Gasteiger partial charge is 0.472 e. The number of hydrogen-bond acceptors (Lipinski definition) is 10. The molecule has 0 bridgehead atoms. The number of aliphatic hydroxyl groups is 3. The molecule has 4 N–H and O–H groups in total. The molecule has 0 aliphatic carbocycles. The Balaban J connectivity index is 4.55. The lowest BCUT2D eigenvalue weighted by Gasteiger charge is -2.20. The van der Waals surface area contributed by atoms with Gasteiger partial charge in [0.15, 0.2) is 6.10 Å². The Morgan fingerprint density at radius 2 is 1.16 bits per heavy atom. The molecule has 0 saturated carbocycles. The van der Waals surface area contributed by atoms with Crippen LogP contribution in [0.5, 0.6) is 0 Å². The van der Waals surface area contributed by atoms with Crippen LogP contribution in [0.2, 0.25) is 0 Å². The first-order valence-electron chi connectivity index (χ1n) is 21.3. The molecule has 0 fully saturated rings. The fourth-order valence-corrected chi connectivity index (χ4v) is 5.79. The van der Waals surface area contributed by atoms with E-state index in [4.69, 9.17) is 19.1 Å². The van der Waals surface area contributed by atoms with Crippen molar-refractivity contribution < 1.29 is 52.9 Å². The standard InChI is InChI=1S/C46H75O11P/c1-3-5-7-9-11-13-14-15-16-17-18-19-20-22-24-28-33-37-46(51)57-44(41-56-58(52,53)55-39-43(49)38-47)40-54-45(50)36-32-29-25-27-31-35-42(48)34-30-26-23-21-12-10-8-6-4-2/h5,7,11-13,15-16,18-19,21,25-27,30-31,35,42-44,47-49H,3-4,6,8-10,14,17,20,22-24,28-29,32-34,36-41H2,1-2H3,(H,52,53)/b7-5-,13-11-,16-15-,19-18-,21-12-,27-25+,30-26-,35-31-/t42?,43-,44+/m0/s1. The summed E-state index contributed by atoms with van der Waals surface area (Å²) in [5, 5.41) is 28.4. The number of phosphoric ester groups is 1. The Kier molecular flexibility index (Phi) is 38.4. The summed E-state index contributed by atoms with van der Waals surface area (Å²) >= 11 is 0. The SMILES string of the molecule is CC/C=C\C/C=C\C/C=C\C/C=C\CCCCCCC(=O)O[C@H](COC(=O)CCC/C=C/C=C\C(O)C/C=C\C/C=C\CCCCC)COP(=O)(O)OC[C@@H](O)CO.